The van der Waals surface area contributed by atoms with Crippen LogP contribution in [0.2, 0.25) is 0 Å². The summed E-state index contributed by atoms with van der Waals surface area (Å²) in [5.41, 5.74) is 1.01. The van der Waals surface area contributed by atoms with E-state index in [1.54, 1.807) is 6.92 Å². The molecule has 1 unspecified atom stereocenters. The van der Waals surface area contributed by atoms with Crippen LogP contribution in [0.1, 0.15) is 26.2 Å². The monoisotopic (exact) mass is 280 g/mol. The van der Waals surface area contributed by atoms with E-state index in [1.165, 1.54) is 4.90 Å². The number of carbonyl (C=O) groups is 2. The lowest BCUT2D eigenvalue weighted by Crippen LogP contribution is -2.64. The number of fused-ring (bicyclic) bond motifs is 3. The largest absolute Gasteiger partial charge is 0.477 e. The van der Waals surface area contributed by atoms with Gasteiger partial charge in [-0.2, -0.15) is 0 Å². The second kappa shape index (κ2) is 4.56. The van der Waals surface area contributed by atoms with E-state index in [-0.39, 0.29) is 29.6 Å². The number of amides is 1. The van der Waals surface area contributed by atoms with Crippen molar-refractivity contribution >= 4 is 11.9 Å². The molecule has 0 aromatic heterocycles. The van der Waals surface area contributed by atoms with Gasteiger partial charge in [-0.05, 0) is 32.4 Å². The molecule has 3 aliphatic rings. The Morgan fingerprint density at radius 3 is 2.70 bits per heavy atom. The molecule has 1 aliphatic carbocycles. The molecule has 0 aromatic rings. The molecule has 1 saturated carbocycles. The van der Waals surface area contributed by atoms with Gasteiger partial charge < -0.3 is 20.4 Å². The Hall–Kier alpha value is -1.40. The molecule has 20 heavy (non-hydrogen) atoms. The Kier molecular flexibility index (Phi) is 3.10. The number of aliphatic hydroxyl groups is 1. The van der Waals surface area contributed by atoms with Crippen LogP contribution in [0.5, 0.6) is 0 Å². The third kappa shape index (κ3) is 1.58. The Morgan fingerprint density at radius 2 is 2.15 bits per heavy atom. The SMILES string of the molecule is CN[C@H]1CCC[C@H]2C1=C(C(=O)O)N1C(=O)[C@H](C(C)O)[C@@H]21. The number of β-lactam (4-membered cyclic amide) rings is 1. The van der Waals surface area contributed by atoms with Crippen molar-refractivity contribution in [3.63, 3.8) is 0 Å². The molecule has 0 spiro atoms. The smallest absolute Gasteiger partial charge is 0.352 e. The summed E-state index contributed by atoms with van der Waals surface area (Å²) in [6.07, 6.45) is 2.07. The number of aliphatic hydroxyl groups excluding tert-OH is 1. The lowest BCUT2D eigenvalue weighted by atomic mass is 9.71. The van der Waals surface area contributed by atoms with Crippen molar-refractivity contribution in [2.45, 2.75) is 44.4 Å². The summed E-state index contributed by atoms with van der Waals surface area (Å²) in [5.74, 6) is -1.67. The number of likely N-dealkylation sites (N-methyl/N-ethyl adjacent to an activating group) is 1. The van der Waals surface area contributed by atoms with Crippen molar-refractivity contribution in [3.8, 4) is 0 Å². The number of aliphatic carboxylic acids is 1. The van der Waals surface area contributed by atoms with Crippen LogP contribution in [0, 0.1) is 11.8 Å². The Bertz CT molecular complexity index is 499. The average Bonchev–Trinajstić information content (AvgIpc) is 2.69. The van der Waals surface area contributed by atoms with E-state index in [9.17, 15) is 19.8 Å². The quantitative estimate of drug-likeness (QED) is 0.630. The van der Waals surface area contributed by atoms with Crippen molar-refractivity contribution in [2.24, 2.45) is 11.8 Å². The van der Waals surface area contributed by atoms with Crippen molar-refractivity contribution in [1.29, 1.82) is 0 Å². The van der Waals surface area contributed by atoms with Gasteiger partial charge in [0.2, 0.25) is 5.91 Å². The molecule has 110 valence electrons. The number of hydrogen-bond donors (Lipinski definition) is 3. The predicted octanol–water partition coefficient (Wildman–Crippen LogP) is -0.0654. The topological polar surface area (TPSA) is 89.9 Å². The first-order chi connectivity index (χ1) is 9.49. The summed E-state index contributed by atoms with van der Waals surface area (Å²) in [6, 6.07) is -0.146. The minimum absolute atomic E-state index is 0.0212. The molecule has 6 heteroatoms. The molecule has 0 radical (unpaired) electrons. The van der Waals surface area contributed by atoms with E-state index in [4.69, 9.17) is 0 Å². The van der Waals surface area contributed by atoms with Crippen molar-refractivity contribution in [3.05, 3.63) is 11.3 Å². The van der Waals surface area contributed by atoms with E-state index in [1.807, 2.05) is 7.05 Å². The first-order valence-corrected chi connectivity index (χ1v) is 7.14. The zero-order valence-electron chi connectivity index (χ0n) is 11.7. The zero-order valence-corrected chi connectivity index (χ0v) is 11.7. The van der Waals surface area contributed by atoms with Gasteiger partial charge in [0.05, 0.1) is 18.1 Å². The predicted molar refractivity (Wildman–Crippen MR) is 70.7 cm³/mol. The van der Waals surface area contributed by atoms with E-state index >= 15 is 0 Å². The number of carbonyl (C=O) groups excluding carboxylic acids is 1. The number of hydrogen-bond acceptors (Lipinski definition) is 4. The minimum Gasteiger partial charge on any atom is -0.477 e. The highest BCUT2D eigenvalue weighted by atomic mass is 16.4. The van der Waals surface area contributed by atoms with Gasteiger partial charge in [-0.15, -0.1) is 0 Å². The summed E-state index contributed by atoms with van der Waals surface area (Å²) in [4.78, 5) is 25.2. The highest BCUT2D eigenvalue weighted by Gasteiger charge is 2.62. The van der Waals surface area contributed by atoms with Gasteiger partial charge in [-0.25, -0.2) is 4.79 Å². The van der Waals surface area contributed by atoms with Crippen LogP contribution in [0.25, 0.3) is 0 Å². The fourth-order valence-electron chi connectivity index (χ4n) is 4.19. The van der Waals surface area contributed by atoms with Crippen LogP contribution < -0.4 is 5.32 Å². The van der Waals surface area contributed by atoms with Crippen LogP contribution >= 0.6 is 0 Å². The molecule has 5 atom stereocenters. The summed E-state index contributed by atoms with van der Waals surface area (Å²) in [6.45, 7) is 1.61. The molecule has 0 bridgehead atoms. The van der Waals surface area contributed by atoms with Gasteiger partial charge in [0.25, 0.3) is 0 Å². The van der Waals surface area contributed by atoms with Gasteiger partial charge in [-0.1, -0.05) is 6.42 Å². The highest BCUT2D eigenvalue weighted by Crippen LogP contribution is 2.51. The Labute approximate surface area is 117 Å². The van der Waals surface area contributed by atoms with E-state index in [0.717, 1.165) is 24.8 Å². The summed E-state index contributed by atoms with van der Waals surface area (Å²) < 4.78 is 0. The number of nitrogens with one attached hydrogen (secondary N) is 1. The number of carboxylic acid groups (broad SMARTS) is 1. The molecule has 6 nitrogen and oxygen atoms in total. The number of nitrogens with zero attached hydrogens (tertiary/aromatic N) is 1. The van der Waals surface area contributed by atoms with Gasteiger partial charge in [0, 0.05) is 12.0 Å². The van der Waals surface area contributed by atoms with Crippen LogP contribution in [0.3, 0.4) is 0 Å². The number of carboxylic acids is 1. The molecule has 3 N–H and O–H groups in total. The first-order valence-electron chi connectivity index (χ1n) is 7.14. The fourth-order valence-corrected chi connectivity index (χ4v) is 4.19. The summed E-state index contributed by atoms with van der Waals surface area (Å²) >= 11 is 0. The summed E-state index contributed by atoms with van der Waals surface area (Å²) in [5, 5.41) is 22.5. The van der Waals surface area contributed by atoms with Crippen LogP contribution in [0.4, 0.5) is 0 Å². The summed E-state index contributed by atoms with van der Waals surface area (Å²) in [7, 11) is 1.82. The van der Waals surface area contributed by atoms with Gasteiger partial charge in [-0.3, -0.25) is 4.79 Å². The maximum Gasteiger partial charge on any atom is 0.352 e. The molecular formula is C14H20N2O4. The fraction of sp³-hybridized carbons (Fsp3) is 0.714. The lowest BCUT2D eigenvalue weighted by molar-refractivity contribution is -0.163. The van der Waals surface area contributed by atoms with Crippen LogP contribution in [-0.2, 0) is 9.59 Å². The van der Waals surface area contributed by atoms with E-state index < -0.39 is 18.0 Å². The van der Waals surface area contributed by atoms with Gasteiger partial charge in [0.15, 0.2) is 0 Å². The second-order valence-corrected chi connectivity index (χ2v) is 5.95. The molecule has 1 saturated heterocycles. The van der Waals surface area contributed by atoms with Gasteiger partial charge >= 0.3 is 5.97 Å². The van der Waals surface area contributed by atoms with Crippen molar-refractivity contribution < 1.29 is 19.8 Å². The average molecular weight is 280 g/mol. The normalized spacial score (nSPS) is 37.4. The first kappa shape index (κ1) is 13.6. The zero-order chi connectivity index (χ0) is 14.6. The minimum atomic E-state index is -1.04. The Morgan fingerprint density at radius 1 is 1.45 bits per heavy atom. The van der Waals surface area contributed by atoms with Crippen molar-refractivity contribution in [1.82, 2.24) is 10.2 Å². The standard InChI is InChI=1S/C14H20N2O4/c1-6(17)9-11-7-4-3-5-8(15-2)10(7)12(14(19)20)16(11)13(9)18/h6-9,11,15,17H,3-5H2,1-2H3,(H,19,20)/t6?,7-,8-,9+,11+/m0/s1. The third-order valence-corrected chi connectivity index (χ3v) is 4.97. The lowest BCUT2D eigenvalue weighted by Gasteiger charge is -2.47. The highest BCUT2D eigenvalue weighted by molar-refractivity contribution is 6.00. The maximum atomic E-state index is 12.2. The van der Waals surface area contributed by atoms with E-state index in [2.05, 4.69) is 5.32 Å². The molecule has 2 aliphatic heterocycles. The van der Waals surface area contributed by atoms with Gasteiger partial charge in [0.1, 0.15) is 5.70 Å². The third-order valence-electron chi connectivity index (χ3n) is 4.97. The second-order valence-electron chi connectivity index (χ2n) is 5.95. The molecule has 2 fully saturated rings. The molecule has 2 heterocycles. The Balaban J connectivity index is 2.04. The van der Waals surface area contributed by atoms with Crippen LogP contribution in [-0.4, -0.2) is 52.2 Å². The van der Waals surface area contributed by atoms with E-state index in [0.29, 0.717) is 0 Å². The molecule has 0 aromatic carbocycles. The van der Waals surface area contributed by atoms with Crippen molar-refractivity contribution in [2.75, 3.05) is 7.05 Å². The molecule has 3 rings (SSSR count). The molecule has 1 amide bonds. The van der Waals surface area contributed by atoms with Crippen LogP contribution in [0.15, 0.2) is 11.3 Å². The molecular weight excluding hydrogens is 260 g/mol. The maximum absolute atomic E-state index is 12.2. The number of rotatable bonds is 3.